The largest absolute Gasteiger partial charge is 0.224 e. The summed E-state index contributed by atoms with van der Waals surface area (Å²) >= 11 is 3.86. The summed E-state index contributed by atoms with van der Waals surface area (Å²) in [5.74, 6) is -0.735. The van der Waals surface area contributed by atoms with Gasteiger partial charge in [-0.25, -0.2) is 12.8 Å². The van der Waals surface area contributed by atoms with Crippen LogP contribution in [0.5, 0.6) is 0 Å². The predicted molar refractivity (Wildman–Crippen MR) is 54.4 cm³/mol. The van der Waals surface area contributed by atoms with Gasteiger partial charge in [0.25, 0.3) is 0 Å². The number of hydrogen-bond donors (Lipinski definition) is 1. The zero-order chi connectivity index (χ0) is 10.1. The van der Waals surface area contributed by atoms with E-state index in [-0.39, 0.29) is 4.90 Å². The summed E-state index contributed by atoms with van der Waals surface area (Å²) in [5.41, 5.74) is 0. The van der Waals surface area contributed by atoms with Gasteiger partial charge in [0.15, 0.2) is 9.84 Å². The first-order valence-corrected chi connectivity index (χ1v) is 7.02. The number of thiol groups is 1. The molecule has 0 amide bonds. The third-order valence-corrected chi connectivity index (χ3v) is 3.64. The van der Waals surface area contributed by atoms with Crippen molar-refractivity contribution in [3.05, 3.63) is 24.0 Å². The number of halogens is 1. The van der Waals surface area contributed by atoms with Gasteiger partial charge in [0.2, 0.25) is 0 Å². The van der Waals surface area contributed by atoms with E-state index >= 15 is 0 Å². The third-order valence-electron chi connectivity index (χ3n) is 1.41. The van der Waals surface area contributed by atoms with E-state index in [0.717, 1.165) is 23.1 Å². The Labute approximate surface area is 85.3 Å². The Kier molecular flexibility index (Phi) is 3.26. The summed E-state index contributed by atoms with van der Waals surface area (Å²) in [4.78, 5) is 0.298. The smallest absolute Gasteiger partial charge is 0.178 e. The quantitative estimate of drug-likeness (QED) is 0.633. The number of sulfone groups is 1. The molecule has 13 heavy (non-hydrogen) atoms. The van der Waals surface area contributed by atoms with Crippen LogP contribution in [0, 0.1) is 5.82 Å². The SMILES string of the molecule is CS(=O)(=O)c1ccc(SS)cc1F. The van der Waals surface area contributed by atoms with Crippen molar-refractivity contribution < 1.29 is 12.8 Å². The highest BCUT2D eigenvalue weighted by atomic mass is 33.1. The Balaban J connectivity index is 3.29. The Morgan fingerprint density at radius 1 is 1.46 bits per heavy atom. The molecule has 0 saturated heterocycles. The molecule has 1 aromatic carbocycles. The lowest BCUT2D eigenvalue weighted by atomic mass is 10.3. The van der Waals surface area contributed by atoms with Gasteiger partial charge < -0.3 is 0 Å². The van der Waals surface area contributed by atoms with Crippen LogP contribution in [0.4, 0.5) is 4.39 Å². The molecule has 0 spiro atoms. The highest BCUT2D eigenvalue weighted by Gasteiger charge is 2.13. The molecule has 2 nitrogen and oxygen atoms in total. The summed E-state index contributed by atoms with van der Waals surface area (Å²) in [5, 5.41) is 0. The summed E-state index contributed by atoms with van der Waals surface area (Å²) in [6.07, 6.45) is 0.971. The van der Waals surface area contributed by atoms with Gasteiger partial charge in [-0.1, -0.05) is 10.8 Å². The van der Waals surface area contributed by atoms with Gasteiger partial charge in [0, 0.05) is 11.2 Å². The fourth-order valence-corrected chi connectivity index (χ4v) is 2.19. The second-order valence-electron chi connectivity index (χ2n) is 2.46. The van der Waals surface area contributed by atoms with Crippen molar-refractivity contribution in [2.45, 2.75) is 9.79 Å². The fraction of sp³-hybridized carbons (Fsp3) is 0.143. The number of benzene rings is 1. The van der Waals surface area contributed by atoms with Crippen LogP contribution in [-0.4, -0.2) is 14.7 Å². The van der Waals surface area contributed by atoms with E-state index in [0.29, 0.717) is 4.90 Å². The van der Waals surface area contributed by atoms with Crippen molar-refractivity contribution in [2.24, 2.45) is 0 Å². The first-order chi connectivity index (χ1) is 5.95. The zero-order valence-electron chi connectivity index (χ0n) is 6.69. The van der Waals surface area contributed by atoms with E-state index in [9.17, 15) is 12.8 Å². The molecule has 0 atom stereocenters. The van der Waals surface area contributed by atoms with E-state index in [1.54, 1.807) is 0 Å². The highest BCUT2D eigenvalue weighted by Crippen LogP contribution is 2.25. The number of hydrogen-bond acceptors (Lipinski definition) is 4. The topological polar surface area (TPSA) is 34.1 Å². The minimum atomic E-state index is -3.47. The lowest BCUT2D eigenvalue weighted by Crippen LogP contribution is -2.00. The van der Waals surface area contributed by atoms with Crippen LogP contribution in [0.25, 0.3) is 0 Å². The van der Waals surface area contributed by atoms with E-state index in [2.05, 4.69) is 11.7 Å². The molecular weight excluding hydrogens is 231 g/mol. The minimum absolute atomic E-state index is 0.279. The van der Waals surface area contributed by atoms with Crippen molar-refractivity contribution in [3.63, 3.8) is 0 Å². The molecule has 0 radical (unpaired) electrons. The molecule has 1 aromatic rings. The standard InChI is InChI=1S/C7H7FO2S3/c1-13(9,10)7-3-2-5(12-11)4-6(7)8/h2-4,11H,1H3. The third kappa shape index (κ3) is 2.62. The van der Waals surface area contributed by atoms with E-state index in [4.69, 9.17) is 0 Å². The van der Waals surface area contributed by atoms with E-state index in [1.165, 1.54) is 12.1 Å². The van der Waals surface area contributed by atoms with Crippen LogP contribution in [0.1, 0.15) is 0 Å². The predicted octanol–water partition coefficient (Wildman–Crippen LogP) is 2.17. The van der Waals surface area contributed by atoms with Crippen LogP contribution in [0.2, 0.25) is 0 Å². The molecule has 6 heteroatoms. The number of rotatable bonds is 2. The van der Waals surface area contributed by atoms with Crippen LogP contribution in [0.3, 0.4) is 0 Å². The fourth-order valence-electron chi connectivity index (χ4n) is 0.839. The minimum Gasteiger partial charge on any atom is -0.224 e. The second kappa shape index (κ2) is 3.89. The normalized spacial score (nSPS) is 11.6. The molecule has 0 bridgehead atoms. The zero-order valence-corrected chi connectivity index (χ0v) is 9.22. The molecule has 0 aromatic heterocycles. The van der Waals surface area contributed by atoms with E-state index in [1.807, 2.05) is 0 Å². The molecule has 0 aliphatic carbocycles. The van der Waals surface area contributed by atoms with E-state index < -0.39 is 15.7 Å². The molecule has 0 heterocycles. The van der Waals surface area contributed by atoms with Gasteiger partial charge in [-0.3, -0.25) is 0 Å². The average Bonchev–Trinajstić information content (AvgIpc) is 2.01. The monoisotopic (exact) mass is 238 g/mol. The Morgan fingerprint density at radius 2 is 2.08 bits per heavy atom. The Hall–Kier alpha value is -0.200. The average molecular weight is 238 g/mol. The lowest BCUT2D eigenvalue weighted by molar-refractivity contribution is 0.568. The van der Waals surface area contributed by atoms with Gasteiger partial charge in [-0.2, -0.15) is 0 Å². The van der Waals surface area contributed by atoms with Gasteiger partial charge in [0.1, 0.15) is 10.7 Å². The van der Waals surface area contributed by atoms with Crippen molar-refractivity contribution in [3.8, 4) is 0 Å². The van der Waals surface area contributed by atoms with Gasteiger partial charge >= 0.3 is 0 Å². The van der Waals surface area contributed by atoms with Crippen LogP contribution < -0.4 is 0 Å². The Bertz CT molecular complexity index is 414. The first kappa shape index (κ1) is 10.9. The van der Waals surface area contributed by atoms with Gasteiger partial charge in [-0.05, 0) is 18.2 Å². The molecule has 1 rings (SSSR count). The summed E-state index contributed by atoms with van der Waals surface area (Å²) < 4.78 is 35.1. The molecular formula is C7H7FO2S3. The van der Waals surface area contributed by atoms with Crippen LogP contribution in [0.15, 0.2) is 28.0 Å². The van der Waals surface area contributed by atoms with Crippen molar-refractivity contribution >= 4 is 32.3 Å². The maximum atomic E-state index is 13.1. The molecule has 0 N–H and O–H groups in total. The van der Waals surface area contributed by atoms with Crippen molar-refractivity contribution in [2.75, 3.05) is 6.26 Å². The molecule has 0 unspecified atom stereocenters. The summed E-state index contributed by atoms with van der Waals surface area (Å²) in [6.45, 7) is 0. The van der Waals surface area contributed by atoms with Crippen LogP contribution in [-0.2, 0) is 9.84 Å². The summed E-state index contributed by atoms with van der Waals surface area (Å²) in [7, 11) is -2.41. The van der Waals surface area contributed by atoms with Crippen molar-refractivity contribution in [1.29, 1.82) is 0 Å². The molecule has 72 valence electrons. The Morgan fingerprint density at radius 3 is 2.46 bits per heavy atom. The molecule has 0 aliphatic heterocycles. The maximum Gasteiger partial charge on any atom is 0.178 e. The molecule has 0 aliphatic rings. The lowest BCUT2D eigenvalue weighted by Gasteiger charge is -2.01. The van der Waals surface area contributed by atoms with Gasteiger partial charge in [-0.15, -0.1) is 11.7 Å². The maximum absolute atomic E-state index is 13.1. The van der Waals surface area contributed by atoms with Crippen LogP contribution >= 0.6 is 22.5 Å². The second-order valence-corrected chi connectivity index (χ2v) is 5.64. The van der Waals surface area contributed by atoms with Crippen molar-refractivity contribution in [1.82, 2.24) is 0 Å². The van der Waals surface area contributed by atoms with Gasteiger partial charge in [0.05, 0.1) is 0 Å². The molecule has 0 fully saturated rings. The highest BCUT2D eigenvalue weighted by molar-refractivity contribution is 8.68. The first-order valence-electron chi connectivity index (χ1n) is 3.26. The molecule has 0 saturated carbocycles. The summed E-state index contributed by atoms with van der Waals surface area (Å²) in [6, 6.07) is 3.90.